The van der Waals surface area contributed by atoms with Crippen LogP contribution in [0, 0.1) is 0 Å². The first-order valence-corrected chi connectivity index (χ1v) is 6.37. The summed E-state index contributed by atoms with van der Waals surface area (Å²) >= 11 is 1.64. The third kappa shape index (κ3) is 2.87. The summed E-state index contributed by atoms with van der Waals surface area (Å²) in [7, 11) is 1.27. The topological polar surface area (TPSA) is 55.4 Å². The third-order valence-corrected chi connectivity index (χ3v) is 3.58. The lowest BCUT2D eigenvalue weighted by Crippen LogP contribution is -2.25. The molecule has 4 nitrogen and oxygen atoms in total. The standard InChI is InChI=1S/C13H13NO3S/c1-17-13(16)6-12(15)14-7-9-8-18-11-5-3-2-4-10(9)11/h2-5,8H,6-7H2,1H3,(H,14,15). The number of amides is 1. The summed E-state index contributed by atoms with van der Waals surface area (Å²) in [5.41, 5.74) is 1.06. The largest absolute Gasteiger partial charge is 0.469 e. The van der Waals surface area contributed by atoms with Gasteiger partial charge in [-0.25, -0.2) is 0 Å². The lowest BCUT2D eigenvalue weighted by Gasteiger charge is -2.03. The minimum atomic E-state index is -0.525. The minimum absolute atomic E-state index is 0.238. The van der Waals surface area contributed by atoms with E-state index >= 15 is 0 Å². The molecule has 1 amide bonds. The van der Waals surface area contributed by atoms with Gasteiger partial charge in [0.05, 0.1) is 7.11 Å². The van der Waals surface area contributed by atoms with Crippen molar-refractivity contribution in [1.82, 2.24) is 5.32 Å². The van der Waals surface area contributed by atoms with Crippen molar-refractivity contribution in [1.29, 1.82) is 0 Å². The first-order valence-electron chi connectivity index (χ1n) is 5.49. The number of esters is 1. The molecule has 0 atom stereocenters. The Bertz CT molecular complexity index is 576. The van der Waals surface area contributed by atoms with Gasteiger partial charge in [-0.05, 0) is 22.4 Å². The van der Waals surface area contributed by atoms with Gasteiger partial charge in [0.25, 0.3) is 0 Å². The Morgan fingerprint density at radius 1 is 1.33 bits per heavy atom. The number of carbonyl (C=O) groups excluding carboxylic acids is 2. The highest BCUT2D eigenvalue weighted by Gasteiger charge is 2.10. The van der Waals surface area contributed by atoms with Gasteiger partial charge in [-0.2, -0.15) is 0 Å². The van der Waals surface area contributed by atoms with Crippen molar-refractivity contribution in [2.75, 3.05) is 7.11 Å². The maximum Gasteiger partial charge on any atom is 0.315 e. The van der Waals surface area contributed by atoms with Crippen LogP contribution in [0.15, 0.2) is 29.6 Å². The first kappa shape index (κ1) is 12.6. The average molecular weight is 263 g/mol. The van der Waals surface area contributed by atoms with E-state index in [-0.39, 0.29) is 12.3 Å². The predicted molar refractivity (Wildman–Crippen MR) is 70.3 cm³/mol. The van der Waals surface area contributed by atoms with Gasteiger partial charge in [0, 0.05) is 11.2 Å². The number of methoxy groups -OCH3 is 1. The predicted octanol–water partition coefficient (Wildman–Crippen LogP) is 2.08. The second-order valence-electron chi connectivity index (χ2n) is 3.79. The molecule has 0 aliphatic heterocycles. The van der Waals surface area contributed by atoms with Crippen LogP contribution in [0.3, 0.4) is 0 Å². The molecule has 1 N–H and O–H groups in total. The van der Waals surface area contributed by atoms with Gasteiger partial charge in [-0.3, -0.25) is 9.59 Å². The number of carbonyl (C=O) groups is 2. The van der Waals surface area contributed by atoms with E-state index in [4.69, 9.17) is 0 Å². The minimum Gasteiger partial charge on any atom is -0.469 e. The van der Waals surface area contributed by atoms with Crippen LogP contribution in [0.25, 0.3) is 10.1 Å². The number of hydrogen-bond acceptors (Lipinski definition) is 4. The fraction of sp³-hybridized carbons (Fsp3) is 0.231. The second-order valence-corrected chi connectivity index (χ2v) is 4.70. The maximum absolute atomic E-state index is 11.4. The maximum atomic E-state index is 11.4. The molecule has 0 saturated heterocycles. The highest BCUT2D eigenvalue weighted by atomic mass is 32.1. The van der Waals surface area contributed by atoms with Crippen LogP contribution in [-0.2, 0) is 20.9 Å². The van der Waals surface area contributed by atoms with Gasteiger partial charge >= 0.3 is 5.97 Å². The van der Waals surface area contributed by atoms with Crippen molar-refractivity contribution in [2.45, 2.75) is 13.0 Å². The molecule has 2 aromatic rings. The van der Waals surface area contributed by atoms with Crippen molar-refractivity contribution < 1.29 is 14.3 Å². The molecule has 94 valence electrons. The summed E-state index contributed by atoms with van der Waals surface area (Å²) in [6, 6.07) is 8.01. The van der Waals surface area contributed by atoms with Gasteiger partial charge in [0.15, 0.2) is 0 Å². The number of hydrogen-bond donors (Lipinski definition) is 1. The zero-order valence-electron chi connectivity index (χ0n) is 9.93. The second kappa shape index (κ2) is 5.64. The summed E-state index contributed by atoms with van der Waals surface area (Å²) in [5, 5.41) is 5.87. The molecule has 0 radical (unpaired) electrons. The van der Waals surface area contributed by atoms with Gasteiger partial charge in [-0.1, -0.05) is 18.2 Å². The summed E-state index contributed by atoms with van der Waals surface area (Å²) in [6.45, 7) is 0.430. The summed E-state index contributed by atoms with van der Waals surface area (Å²) < 4.78 is 5.62. The van der Waals surface area contributed by atoms with Crippen molar-refractivity contribution in [3.63, 3.8) is 0 Å². The van der Waals surface area contributed by atoms with Crippen molar-refractivity contribution in [3.05, 3.63) is 35.2 Å². The fourth-order valence-electron chi connectivity index (χ4n) is 1.63. The van der Waals surface area contributed by atoms with Crippen LogP contribution in [0.1, 0.15) is 12.0 Å². The number of ether oxygens (including phenoxy) is 1. The number of fused-ring (bicyclic) bond motifs is 1. The molecule has 0 aliphatic carbocycles. The van der Waals surface area contributed by atoms with Crippen LogP contribution < -0.4 is 5.32 Å². The van der Waals surface area contributed by atoms with Crippen LogP contribution in [0.4, 0.5) is 0 Å². The fourth-order valence-corrected chi connectivity index (χ4v) is 2.59. The highest BCUT2D eigenvalue weighted by molar-refractivity contribution is 7.17. The zero-order chi connectivity index (χ0) is 13.0. The van der Waals surface area contributed by atoms with E-state index in [2.05, 4.69) is 10.1 Å². The van der Waals surface area contributed by atoms with Crippen LogP contribution in [0.2, 0.25) is 0 Å². The van der Waals surface area contributed by atoms with E-state index in [1.165, 1.54) is 11.8 Å². The molecular weight excluding hydrogens is 250 g/mol. The molecule has 5 heteroatoms. The Labute approximate surface area is 109 Å². The third-order valence-electron chi connectivity index (χ3n) is 2.57. The molecule has 18 heavy (non-hydrogen) atoms. The molecule has 0 spiro atoms. The highest BCUT2D eigenvalue weighted by Crippen LogP contribution is 2.25. The van der Waals surface area contributed by atoms with Crippen LogP contribution in [-0.4, -0.2) is 19.0 Å². The number of nitrogens with one attached hydrogen (secondary N) is 1. The van der Waals surface area contributed by atoms with Crippen LogP contribution in [0.5, 0.6) is 0 Å². The molecule has 0 saturated carbocycles. The van der Waals surface area contributed by atoms with Gasteiger partial charge in [0.2, 0.25) is 5.91 Å². The van der Waals surface area contributed by atoms with E-state index in [1.807, 2.05) is 29.6 Å². The molecule has 0 fully saturated rings. The lowest BCUT2D eigenvalue weighted by atomic mass is 10.2. The van der Waals surface area contributed by atoms with E-state index in [0.717, 1.165) is 10.9 Å². The Morgan fingerprint density at radius 2 is 2.11 bits per heavy atom. The Hall–Kier alpha value is -1.88. The number of benzene rings is 1. The number of rotatable bonds is 4. The Morgan fingerprint density at radius 3 is 2.89 bits per heavy atom. The number of thiophene rings is 1. The van der Waals surface area contributed by atoms with E-state index in [9.17, 15) is 9.59 Å². The summed E-state index contributed by atoms with van der Waals surface area (Å²) in [5.74, 6) is -0.847. The monoisotopic (exact) mass is 263 g/mol. The first-order chi connectivity index (χ1) is 8.70. The molecule has 0 bridgehead atoms. The zero-order valence-corrected chi connectivity index (χ0v) is 10.8. The van der Waals surface area contributed by atoms with E-state index in [0.29, 0.717) is 6.54 Å². The molecule has 0 aliphatic rings. The van der Waals surface area contributed by atoms with Crippen molar-refractivity contribution >= 4 is 33.3 Å². The molecule has 0 unspecified atom stereocenters. The smallest absolute Gasteiger partial charge is 0.315 e. The molecular formula is C13H13NO3S. The van der Waals surface area contributed by atoms with Gasteiger partial charge in [-0.15, -0.1) is 11.3 Å². The lowest BCUT2D eigenvalue weighted by molar-refractivity contribution is -0.143. The van der Waals surface area contributed by atoms with Crippen molar-refractivity contribution in [3.8, 4) is 0 Å². The van der Waals surface area contributed by atoms with Gasteiger partial charge in [0.1, 0.15) is 6.42 Å². The molecule has 2 rings (SSSR count). The Kier molecular flexibility index (Phi) is 3.94. The summed E-state index contributed by atoms with van der Waals surface area (Å²) in [4.78, 5) is 22.4. The average Bonchev–Trinajstić information content (AvgIpc) is 2.79. The summed E-state index contributed by atoms with van der Waals surface area (Å²) in [6.07, 6.45) is -0.238. The van der Waals surface area contributed by atoms with E-state index < -0.39 is 5.97 Å². The van der Waals surface area contributed by atoms with Crippen LogP contribution >= 0.6 is 11.3 Å². The quantitative estimate of drug-likeness (QED) is 0.678. The SMILES string of the molecule is COC(=O)CC(=O)NCc1csc2ccccc12. The Balaban J connectivity index is 1.98. The molecule has 1 heterocycles. The molecule has 1 aromatic heterocycles. The van der Waals surface area contributed by atoms with Crippen molar-refractivity contribution in [2.24, 2.45) is 0 Å². The van der Waals surface area contributed by atoms with Gasteiger partial charge < -0.3 is 10.1 Å². The molecule has 1 aromatic carbocycles. The van der Waals surface area contributed by atoms with E-state index in [1.54, 1.807) is 11.3 Å². The normalized spacial score (nSPS) is 10.3.